The minimum absolute atomic E-state index is 0. The molecule has 1 rings (SSSR count). The summed E-state index contributed by atoms with van der Waals surface area (Å²) in [4.78, 5) is 29.1. The van der Waals surface area contributed by atoms with Gasteiger partial charge < -0.3 is 11.2 Å². The summed E-state index contributed by atoms with van der Waals surface area (Å²) < 4.78 is 10.9. The molecule has 0 spiro atoms. The van der Waals surface area contributed by atoms with Crippen molar-refractivity contribution in [3.8, 4) is 0 Å². The summed E-state index contributed by atoms with van der Waals surface area (Å²) >= 11 is 0. The predicted octanol–water partition coefficient (Wildman–Crippen LogP) is -0.954. The summed E-state index contributed by atoms with van der Waals surface area (Å²) in [6, 6.07) is 3.46. The third kappa shape index (κ3) is 3.31. The molecule has 16 heavy (non-hydrogen) atoms. The van der Waals surface area contributed by atoms with Crippen LogP contribution in [0.1, 0.15) is 28.5 Å². The van der Waals surface area contributed by atoms with E-state index in [1.165, 1.54) is 0 Å². The van der Waals surface area contributed by atoms with E-state index in [0.717, 1.165) is 5.56 Å². The Bertz CT molecular complexity index is 446. The molecule has 1 aromatic carbocycles. The first-order valence-electron chi connectivity index (χ1n) is 4.42. The summed E-state index contributed by atoms with van der Waals surface area (Å²) in [7, 11) is -4.69. The Hall–Kier alpha value is -0.363. The van der Waals surface area contributed by atoms with Gasteiger partial charge in [-0.25, -0.2) is 0 Å². The minimum atomic E-state index is -4.69. The van der Waals surface area contributed by atoms with Crippen molar-refractivity contribution in [2.24, 2.45) is 0 Å². The van der Waals surface area contributed by atoms with Gasteiger partial charge in [0.1, 0.15) is 0 Å². The van der Waals surface area contributed by atoms with Crippen LogP contribution in [0.4, 0.5) is 0 Å². The Morgan fingerprint density at radius 1 is 1.19 bits per heavy atom. The van der Waals surface area contributed by atoms with E-state index >= 15 is 0 Å². The zero-order chi connectivity index (χ0) is 11.8. The van der Waals surface area contributed by atoms with Crippen LogP contribution >= 0.6 is 7.60 Å². The van der Waals surface area contributed by atoms with E-state index in [4.69, 9.17) is 9.79 Å². The minimum Gasteiger partial charge on any atom is -1.00 e. The maximum absolute atomic E-state index is 11.5. The van der Waals surface area contributed by atoms with Crippen LogP contribution in [0.3, 0.4) is 0 Å². The second-order valence-corrected chi connectivity index (χ2v) is 5.12. The molecule has 0 amide bonds. The molecule has 0 aliphatic heterocycles. The molecule has 0 aromatic heterocycles. The van der Waals surface area contributed by atoms with Gasteiger partial charge in [-0.15, -0.1) is 0 Å². The number of hydrogen-bond donors (Lipinski definition) is 2. The molecule has 2 N–H and O–H groups in total. The molecule has 0 atom stereocenters. The van der Waals surface area contributed by atoms with Crippen LogP contribution in [0, 0.1) is 20.8 Å². The summed E-state index contributed by atoms with van der Waals surface area (Å²) in [5, 5.41) is 0. The number of rotatable bonds is 2. The standard InChI is InChI=1S/C10H13O4P.Li.H/c1-6-4-7(2)9(8(3)5-6)10(11)15(12,13)14;;/h4-5H,1-3H3,(H2,12,13,14);;/q;+1;-1. The number of carbonyl (C=O) groups excluding carboxylic acids is 1. The number of benzene rings is 1. The maximum Gasteiger partial charge on any atom is 1.00 e. The van der Waals surface area contributed by atoms with E-state index in [9.17, 15) is 9.36 Å². The van der Waals surface area contributed by atoms with Crippen LogP contribution in [0.2, 0.25) is 0 Å². The molecule has 1 aromatic rings. The fourth-order valence-corrected chi connectivity index (χ4v) is 2.31. The molecule has 0 aliphatic rings. The molecule has 4 nitrogen and oxygen atoms in total. The zero-order valence-corrected chi connectivity index (χ0v) is 10.7. The van der Waals surface area contributed by atoms with Crippen LogP contribution in [-0.2, 0) is 4.57 Å². The summed E-state index contributed by atoms with van der Waals surface area (Å²) in [5.74, 6) is 0. The van der Waals surface area contributed by atoms with Gasteiger partial charge in [0.2, 0.25) is 0 Å². The first-order valence-corrected chi connectivity index (χ1v) is 6.03. The van der Waals surface area contributed by atoms with Crippen LogP contribution in [0.5, 0.6) is 0 Å². The Morgan fingerprint density at radius 3 is 1.88 bits per heavy atom. The van der Waals surface area contributed by atoms with Crippen molar-refractivity contribution in [1.82, 2.24) is 0 Å². The molecule has 0 saturated carbocycles. The van der Waals surface area contributed by atoms with Gasteiger partial charge in [-0.2, -0.15) is 0 Å². The Labute approximate surface area is 108 Å². The van der Waals surface area contributed by atoms with Crippen molar-refractivity contribution in [2.75, 3.05) is 0 Å². The van der Waals surface area contributed by atoms with E-state index in [0.29, 0.717) is 11.1 Å². The zero-order valence-electron chi connectivity index (χ0n) is 10.8. The fourth-order valence-electron chi connectivity index (χ4n) is 1.66. The topological polar surface area (TPSA) is 74.6 Å². The third-order valence-electron chi connectivity index (χ3n) is 2.16. The van der Waals surface area contributed by atoms with E-state index in [-0.39, 0.29) is 25.9 Å². The molecule has 0 unspecified atom stereocenters. The molecule has 0 heterocycles. The predicted molar refractivity (Wildman–Crippen MR) is 58.1 cm³/mol. The third-order valence-corrected chi connectivity index (χ3v) is 2.91. The quantitative estimate of drug-likeness (QED) is 0.512. The summed E-state index contributed by atoms with van der Waals surface area (Å²) in [5.41, 5.74) is 1.19. The van der Waals surface area contributed by atoms with E-state index in [1.54, 1.807) is 26.0 Å². The van der Waals surface area contributed by atoms with Crippen molar-refractivity contribution in [1.29, 1.82) is 0 Å². The molecule has 6 heteroatoms. The van der Waals surface area contributed by atoms with Crippen LogP contribution in [0.15, 0.2) is 12.1 Å². The van der Waals surface area contributed by atoms with Gasteiger partial charge >= 0.3 is 26.5 Å². The molecule has 0 radical (unpaired) electrons. The SMILES string of the molecule is Cc1cc(C)c(C(=O)P(=O)(O)O)c(C)c1.[H-].[Li+]. The van der Waals surface area contributed by atoms with Gasteiger partial charge in [-0.05, 0) is 31.9 Å². The van der Waals surface area contributed by atoms with Gasteiger partial charge in [0.25, 0.3) is 5.52 Å². The van der Waals surface area contributed by atoms with Gasteiger partial charge in [-0.3, -0.25) is 9.36 Å². The normalized spacial score (nSPS) is 10.8. The molecule has 0 aliphatic carbocycles. The van der Waals surface area contributed by atoms with Gasteiger partial charge in [0.15, 0.2) is 0 Å². The molecule has 0 bridgehead atoms. The van der Waals surface area contributed by atoms with Crippen LogP contribution < -0.4 is 18.9 Å². The van der Waals surface area contributed by atoms with E-state index in [1.807, 2.05) is 6.92 Å². The molecular formula is C10H14LiO4P. The fraction of sp³-hybridized carbons (Fsp3) is 0.300. The molecular weight excluding hydrogens is 222 g/mol. The second-order valence-electron chi connectivity index (χ2n) is 3.62. The maximum atomic E-state index is 11.5. The largest absolute Gasteiger partial charge is 1.00 e. The number of hydrogen-bond acceptors (Lipinski definition) is 2. The van der Waals surface area contributed by atoms with Gasteiger partial charge in [-0.1, -0.05) is 17.7 Å². The van der Waals surface area contributed by atoms with Crippen molar-refractivity contribution >= 4 is 13.1 Å². The van der Waals surface area contributed by atoms with Gasteiger partial charge in [0, 0.05) is 5.56 Å². The number of carbonyl (C=O) groups is 1. The smallest absolute Gasteiger partial charge is 1.00 e. The first kappa shape index (κ1) is 15.6. The van der Waals surface area contributed by atoms with Crippen molar-refractivity contribution in [2.45, 2.75) is 20.8 Å². The average molecular weight is 236 g/mol. The molecule has 0 saturated heterocycles. The van der Waals surface area contributed by atoms with Crippen LogP contribution in [0.25, 0.3) is 0 Å². The van der Waals surface area contributed by atoms with E-state index in [2.05, 4.69) is 0 Å². The van der Waals surface area contributed by atoms with Crippen molar-refractivity contribution < 1.29 is 39.4 Å². The Kier molecular flexibility index (Phi) is 5.19. The summed E-state index contributed by atoms with van der Waals surface area (Å²) in [6.07, 6.45) is 0. The van der Waals surface area contributed by atoms with Crippen molar-refractivity contribution in [3.63, 3.8) is 0 Å². The average Bonchev–Trinajstić information content (AvgIpc) is 1.99. The summed E-state index contributed by atoms with van der Waals surface area (Å²) in [6.45, 7) is 5.21. The van der Waals surface area contributed by atoms with Crippen LogP contribution in [-0.4, -0.2) is 15.3 Å². The monoisotopic (exact) mass is 236 g/mol. The second kappa shape index (κ2) is 5.31. The Morgan fingerprint density at radius 2 is 1.56 bits per heavy atom. The molecule has 0 fully saturated rings. The first-order chi connectivity index (χ1) is 6.73. The van der Waals surface area contributed by atoms with E-state index < -0.39 is 13.1 Å². The van der Waals surface area contributed by atoms with Gasteiger partial charge in [0.05, 0.1) is 0 Å². The molecule has 84 valence electrons. The number of aryl methyl sites for hydroxylation is 3. The van der Waals surface area contributed by atoms with Crippen molar-refractivity contribution in [3.05, 3.63) is 34.4 Å². The Balaban J connectivity index is 0.